The van der Waals surface area contributed by atoms with Crippen molar-refractivity contribution in [2.45, 2.75) is 24.5 Å². The lowest BCUT2D eigenvalue weighted by Gasteiger charge is -2.20. The van der Waals surface area contributed by atoms with Gasteiger partial charge in [-0.2, -0.15) is 0 Å². The molecule has 0 aliphatic carbocycles. The van der Waals surface area contributed by atoms with Gasteiger partial charge in [-0.3, -0.25) is 9.78 Å². The Morgan fingerprint density at radius 1 is 1.67 bits per heavy atom. The molecule has 2 heterocycles. The number of aromatic nitrogens is 1. The van der Waals surface area contributed by atoms with Gasteiger partial charge in [0.05, 0.1) is 16.5 Å². The quantitative estimate of drug-likeness (QED) is 0.725. The number of Topliss-reactive ketones (excluding diaryl/α,β-unsaturated/α-hetero) is 1. The fourth-order valence-electron chi connectivity index (χ4n) is 1.80. The maximum absolute atomic E-state index is 13.4. The van der Waals surface area contributed by atoms with E-state index in [4.69, 9.17) is 0 Å². The minimum absolute atomic E-state index is 0.107. The standard InChI is InChI=1S/C11H12FNOS/c1-11(4-2-6-15-11)10(14)8-3-5-13-7-9(8)12/h3,5,7H,2,4,6H2,1H3. The van der Waals surface area contributed by atoms with Crippen molar-refractivity contribution in [2.75, 3.05) is 5.75 Å². The van der Waals surface area contributed by atoms with Crippen LogP contribution in [0.2, 0.25) is 0 Å². The first-order chi connectivity index (χ1) is 7.13. The Hall–Kier alpha value is -0.900. The van der Waals surface area contributed by atoms with Crippen LogP contribution in [0.4, 0.5) is 4.39 Å². The number of hydrogen-bond acceptors (Lipinski definition) is 3. The third-order valence-corrected chi connectivity index (χ3v) is 4.24. The van der Waals surface area contributed by atoms with Gasteiger partial charge in [0.25, 0.3) is 0 Å². The average Bonchev–Trinajstić information content (AvgIpc) is 2.66. The van der Waals surface area contributed by atoms with E-state index in [1.54, 1.807) is 11.8 Å². The van der Waals surface area contributed by atoms with Crippen LogP contribution in [-0.2, 0) is 0 Å². The number of halogens is 1. The number of thioether (sulfide) groups is 1. The fraction of sp³-hybridized carbons (Fsp3) is 0.455. The van der Waals surface area contributed by atoms with E-state index in [9.17, 15) is 9.18 Å². The predicted octanol–water partition coefficient (Wildman–Crippen LogP) is 2.69. The topological polar surface area (TPSA) is 30.0 Å². The van der Waals surface area contributed by atoms with Crippen LogP contribution < -0.4 is 0 Å². The summed E-state index contributed by atoms with van der Waals surface area (Å²) in [6.07, 6.45) is 4.41. The highest BCUT2D eigenvalue weighted by molar-refractivity contribution is 8.01. The molecule has 0 bridgehead atoms. The second kappa shape index (κ2) is 3.93. The Labute approximate surface area is 92.3 Å². The summed E-state index contributed by atoms with van der Waals surface area (Å²) >= 11 is 1.62. The van der Waals surface area contributed by atoms with Gasteiger partial charge in [-0.1, -0.05) is 0 Å². The van der Waals surface area contributed by atoms with Gasteiger partial charge in [-0.05, 0) is 31.6 Å². The Bertz CT molecular complexity index is 388. The predicted molar refractivity (Wildman–Crippen MR) is 58.6 cm³/mol. The molecule has 2 rings (SSSR count). The van der Waals surface area contributed by atoms with Crippen molar-refractivity contribution < 1.29 is 9.18 Å². The number of nitrogens with zero attached hydrogens (tertiary/aromatic N) is 1. The van der Waals surface area contributed by atoms with Gasteiger partial charge < -0.3 is 0 Å². The summed E-state index contributed by atoms with van der Waals surface area (Å²) in [6.45, 7) is 1.90. The molecule has 1 fully saturated rings. The molecule has 1 atom stereocenters. The summed E-state index contributed by atoms with van der Waals surface area (Å²) in [6, 6.07) is 1.46. The van der Waals surface area contributed by atoms with E-state index in [1.807, 2.05) is 6.92 Å². The van der Waals surface area contributed by atoms with Gasteiger partial charge in [0.2, 0.25) is 0 Å². The van der Waals surface area contributed by atoms with E-state index in [0.717, 1.165) is 24.8 Å². The van der Waals surface area contributed by atoms with Crippen molar-refractivity contribution in [1.29, 1.82) is 0 Å². The molecule has 0 spiro atoms. The molecule has 0 amide bonds. The maximum Gasteiger partial charge on any atom is 0.181 e. The Balaban J connectivity index is 2.32. The van der Waals surface area contributed by atoms with E-state index in [2.05, 4.69) is 4.98 Å². The summed E-state index contributed by atoms with van der Waals surface area (Å²) in [4.78, 5) is 15.7. The number of carbonyl (C=O) groups is 1. The SMILES string of the molecule is CC1(C(=O)c2ccncc2F)CCCS1. The first kappa shape index (κ1) is 10.6. The third kappa shape index (κ3) is 1.91. The Morgan fingerprint density at radius 2 is 2.47 bits per heavy atom. The molecule has 15 heavy (non-hydrogen) atoms. The normalized spacial score (nSPS) is 25.5. The summed E-state index contributed by atoms with van der Waals surface area (Å²) in [5, 5.41) is 0. The molecule has 1 aliphatic heterocycles. The molecule has 4 heteroatoms. The number of pyridine rings is 1. The largest absolute Gasteiger partial charge is 0.292 e. The van der Waals surface area contributed by atoms with E-state index in [1.165, 1.54) is 12.3 Å². The number of rotatable bonds is 2. The number of carbonyl (C=O) groups excluding carboxylic acids is 1. The average molecular weight is 225 g/mol. The first-order valence-corrected chi connectivity index (χ1v) is 5.90. The Morgan fingerprint density at radius 3 is 3.07 bits per heavy atom. The monoisotopic (exact) mass is 225 g/mol. The highest BCUT2D eigenvalue weighted by atomic mass is 32.2. The lowest BCUT2D eigenvalue weighted by Crippen LogP contribution is -2.29. The van der Waals surface area contributed by atoms with Crippen LogP contribution in [0, 0.1) is 5.82 Å². The number of ketones is 1. The smallest absolute Gasteiger partial charge is 0.181 e. The fourth-order valence-corrected chi connectivity index (χ4v) is 3.07. The van der Waals surface area contributed by atoms with Crippen LogP contribution in [0.1, 0.15) is 30.1 Å². The zero-order valence-corrected chi connectivity index (χ0v) is 9.31. The van der Waals surface area contributed by atoms with Gasteiger partial charge in [0, 0.05) is 6.20 Å². The van der Waals surface area contributed by atoms with Crippen molar-refractivity contribution in [2.24, 2.45) is 0 Å². The van der Waals surface area contributed by atoms with Crippen LogP contribution in [0.25, 0.3) is 0 Å². The summed E-state index contributed by atoms with van der Waals surface area (Å²) in [5.74, 6) is 0.357. The lowest BCUT2D eigenvalue weighted by molar-refractivity contribution is 0.0945. The van der Waals surface area contributed by atoms with Crippen molar-refractivity contribution in [3.05, 3.63) is 29.8 Å². The summed E-state index contributed by atoms with van der Waals surface area (Å²) in [7, 11) is 0. The molecule has 2 nitrogen and oxygen atoms in total. The van der Waals surface area contributed by atoms with Crippen molar-refractivity contribution in [3.8, 4) is 0 Å². The molecule has 1 aromatic heterocycles. The maximum atomic E-state index is 13.4. The molecule has 0 saturated carbocycles. The molecule has 80 valence electrons. The van der Waals surface area contributed by atoms with Gasteiger partial charge in [-0.25, -0.2) is 4.39 Å². The molecule has 0 aromatic carbocycles. The van der Waals surface area contributed by atoms with Crippen LogP contribution in [0.5, 0.6) is 0 Å². The molecule has 1 unspecified atom stereocenters. The lowest BCUT2D eigenvalue weighted by atomic mass is 9.95. The molecule has 0 radical (unpaired) electrons. The third-order valence-electron chi connectivity index (χ3n) is 2.72. The minimum atomic E-state index is -0.517. The van der Waals surface area contributed by atoms with Crippen LogP contribution in [0.15, 0.2) is 18.5 Å². The Kier molecular flexibility index (Phi) is 2.78. The molecule has 0 N–H and O–H groups in total. The molecule has 1 aromatic rings. The van der Waals surface area contributed by atoms with E-state index in [-0.39, 0.29) is 11.3 Å². The van der Waals surface area contributed by atoms with Crippen LogP contribution in [0.3, 0.4) is 0 Å². The zero-order chi connectivity index (χ0) is 10.9. The molecular formula is C11H12FNOS. The van der Waals surface area contributed by atoms with Gasteiger partial charge in [-0.15, -0.1) is 11.8 Å². The van der Waals surface area contributed by atoms with Crippen molar-refractivity contribution in [1.82, 2.24) is 4.98 Å². The second-order valence-electron chi connectivity index (χ2n) is 3.87. The van der Waals surface area contributed by atoms with Crippen LogP contribution >= 0.6 is 11.8 Å². The second-order valence-corrected chi connectivity index (χ2v) is 5.47. The van der Waals surface area contributed by atoms with Gasteiger partial charge >= 0.3 is 0 Å². The van der Waals surface area contributed by atoms with Gasteiger partial charge in [0.1, 0.15) is 0 Å². The van der Waals surface area contributed by atoms with Gasteiger partial charge in [0.15, 0.2) is 11.6 Å². The highest BCUT2D eigenvalue weighted by Crippen LogP contribution is 2.40. The van der Waals surface area contributed by atoms with Crippen LogP contribution in [-0.4, -0.2) is 21.3 Å². The highest BCUT2D eigenvalue weighted by Gasteiger charge is 2.38. The zero-order valence-electron chi connectivity index (χ0n) is 8.50. The summed E-state index contributed by atoms with van der Waals surface area (Å²) in [5.41, 5.74) is 0.168. The minimum Gasteiger partial charge on any atom is -0.292 e. The van der Waals surface area contributed by atoms with Crippen molar-refractivity contribution >= 4 is 17.5 Å². The van der Waals surface area contributed by atoms with E-state index < -0.39 is 10.6 Å². The first-order valence-electron chi connectivity index (χ1n) is 4.92. The molecule has 1 aliphatic rings. The van der Waals surface area contributed by atoms with Crippen molar-refractivity contribution in [3.63, 3.8) is 0 Å². The summed E-state index contributed by atoms with van der Waals surface area (Å²) < 4.78 is 12.9. The number of hydrogen-bond donors (Lipinski definition) is 0. The molecule has 1 saturated heterocycles. The van der Waals surface area contributed by atoms with E-state index in [0.29, 0.717) is 0 Å². The van der Waals surface area contributed by atoms with E-state index >= 15 is 0 Å². The molecular weight excluding hydrogens is 213 g/mol.